The highest BCUT2D eigenvalue weighted by molar-refractivity contribution is 5.89. The Morgan fingerprint density at radius 1 is 0.446 bits per heavy atom. The first-order chi connectivity index (χ1) is 27.8. The van der Waals surface area contributed by atoms with Crippen molar-refractivity contribution >= 4 is 5.57 Å². The van der Waals surface area contributed by atoms with E-state index in [2.05, 4.69) is 158 Å². The molecule has 264 valence electrons. The Kier molecular flexibility index (Phi) is 7.49. The number of aromatic nitrogens is 3. The summed E-state index contributed by atoms with van der Waals surface area (Å²) < 4.78 is 6.76. The molecule has 4 heteroatoms. The zero-order chi connectivity index (χ0) is 37.1. The van der Waals surface area contributed by atoms with Crippen molar-refractivity contribution in [2.45, 2.75) is 17.8 Å². The summed E-state index contributed by atoms with van der Waals surface area (Å²) in [5.74, 6) is 3.80. The molecule has 0 bridgehead atoms. The molecule has 7 aromatic carbocycles. The molecule has 1 atom stereocenters. The van der Waals surface area contributed by atoms with Gasteiger partial charge in [0.15, 0.2) is 17.5 Å². The Hall–Kier alpha value is -7.17. The number of benzene rings is 7. The number of hydrogen-bond acceptors (Lipinski definition) is 4. The van der Waals surface area contributed by atoms with E-state index in [1.54, 1.807) is 0 Å². The third-order valence-corrected chi connectivity index (χ3v) is 11.6. The summed E-state index contributed by atoms with van der Waals surface area (Å²) >= 11 is 0. The Morgan fingerprint density at radius 2 is 0.982 bits per heavy atom. The minimum Gasteiger partial charge on any atom is -0.457 e. The van der Waals surface area contributed by atoms with Crippen molar-refractivity contribution in [3.63, 3.8) is 0 Å². The minimum absolute atomic E-state index is 0.0146. The topological polar surface area (TPSA) is 47.9 Å². The van der Waals surface area contributed by atoms with E-state index < -0.39 is 5.41 Å². The van der Waals surface area contributed by atoms with Crippen LogP contribution in [0.25, 0.3) is 50.6 Å². The van der Waals surface area contributed by atoms with Crippen LogP contribution in [0, 0.1) is 0 Å². The molecule has 0 amide bonds. The fourth-order valence-electron chi connectivity index (χ4n) is 9.18. The molecule has 2 aliphatic carbocycles. The lowest BCUT2D eigenvalue weighted by atomic mass is 9.65. The van der Waals surface area contributed by atoms with E-state index in [4.69, 9.17) is 19.7 Å². The lowest BCUT2D eigenvalue weighted by Crippen LogP contribution is -2.32. The van der Waals surface area contributed by atoms with Gasteiger partial charge in [-0.3, -0.25) is 0 Å². The zero-order valence-electron chi connectivity index (χ0n) is 30.5. The molecule has 1 unspecified atom stereocenters. The maximum Gasteiger partial charge on any atom is 0.164 e. The molecule has 0 saturated heterocycles. The number of fused-ring (bicyclic) bond motifs is 9. The molecule has 0 N–H and O–H groups in total. The van der Waals surface area contributed by atoms with Crippen LogP contribution in [0.2, 0.25) is 0 Å². The van der Waals surface area contributed by atoms with Crippen LogP contribution in [0.4, 0.5) is 0 Å². The molecule has 0 radical (unpaired) electrons. The highest BCUT2D eigenvalue weighted by atomic mass is 16.5. The summed E-state index contributed by atoms with van der Waals surface area (Å²) in [6.07, 6.45) is 7.39. The Morgan fingerprint density at radius 3 is 1.66 bits per heavy atom. The van der Waals surface area contributed by atoms with Crippen LogP contribution in [0.3, 0.4) is 0 Å². The lowest BCUT2D eigenvalue weighted by molar-refractivity contribution is 0.436. The maximum atomic E-state index is 6.76. The van der Waals surface area contributed by atoms with Gasteiger partial charge in [0, 0.05) is 33.7 Å². The Labute approximate surface area is 326 Å². The molecule has 1 aromatic heterocycles. The fourth-order valence-corrected chi connectivity index (χ4v) is 9.18. The van der Waals surface area contributed by atoms with Crippen molar-refractivity contribution in [1.29, 1.82) is 0 Å². The first-order valence-electron chi connectivity index (χ1n) is 19.2. The van der Waals surface area contributed by atoms with Gasteiger partial charge in [-0.1, -0.05) is 176 Å². The summed E-state index contributed by atoms with van der Waals surface area (Å²) in [6.45, 7) is 0. The minimum atomic E-state index is -0.534. The van der Waals surface area contributed by atoms with Crippen LogP contribution in [0.1, 0.15) is 46.0 Å². The first kappa shape index (κ1) is 32.3. The van der Waals surface area contributed by atoms with E-state index in [1.165, 1.54) is 33.4 Å². The fraction of sp³-hybridized carbons (Fsp3) is 0.0577. The molecule has 8 aromatic rings. The maximum absolute atomic E-state index is 6.76. The molecule has 4 nitrogen and oxygen atoms in total. The summed E-state index contributed by atoms with van der Waals surface area (Å²) in [6, 6.07) is 62.3. The van der Waals surface area contributed by atoms with E-state index in [-0.39, 0.29) is 5.92 Å². The van der Waals surface area contributed by atoms with Crippen molar-refractivity contribution in [3.05, 3.63) is 228 Å². The standard InChI is InChI=1S/C52H35N3O/c1-3-17-34(18-4-1)49-53-50(35-19-5-2-6-20-35)55-51(54-49)42-26-10-9-23-39(42)38-22-8-7-21-37(38)36-31-32-48-46(33-36)52(45-29-15-16-30-47(45)56-48)43-27-13-11-24-40(43)41-25-12-14-28-44(41)52/h1-22,24-33,39H,23H2. The molecule has 56 heavy (non-hydrogen) atoms. The molecule has 3 aliphatic rings. The van der Waals surface area contributed by atoms with Crippen molar-refractivity contribution in [2.24, 2.45) is 0 Å². The number of para-hydroxylation sites is 1. The van der Waals surface area contributed by atoms with Crippen LogP contribution < -0.4 is 4.74 Å². The van der Waals surface area contributed by atoms with Gasteiger partial charge in [0.25, 0.3) is 0 Å². The third kappa shape index (κ3) is 4.96. The van der Waals surface area contributed by atoms with Gasteiger partial charge in [-0.25, -0.2) is 15.0 Å². The van der Waals surface area contributed by atoms with Gasteiger partial charge in [-0.15, -0.1) is 0 Å². The van der Waals surface area contributed by atoms with Crippen LogP contribution in [-0.2, 0) is 5.41 Å². The van der Waals surface area contributed by atoms with Crippen LogP contribution >= 0.6 is 0 Å². The van der Waals surface area contributed by atoms with Crippen LogP contribution in [0.15, 0.2) is 194 Å². The van der Waals surface area contributed by atoms with Crippen LogP contribution in [-0.4, -0.2) is 15.0 Å². The molecule has 1 spiro atoms. The Balaban J connectivity index is 1.08. The summed E-state index contributed by atoms with van der Waals surface area (Å²) in [5, 5.41) is 0. The van der Waals surface area contributed by atoms with Crippen molar-refractivity contribution in [3.8, 4) is 56.5 Å². The smallest absolute Gasteiger partial charge is 0.164 e. The third-order valence-electron chi connectivity index (χ3n) is 11.6. The average molecular weight is 718 g/mol. The molecule has 0 fully saturated rings. The van der Waals surface area contributed by atoms with Gasteiger partial charge >= 0.3 is 0 Å². The number of ether oxygens (including phenoxy) is 1. The van der Waals surface area contributed by atoms with Crippen molar-refractivity contribution in [2.75, 3.05) is 0 Å². The van der Waals surface area contributed by atoms with Gasteiger partial charge in [0.05, 0.1) is 5.41 Å². The van der Waals surface area contributed by atoms with Crippen molar-refractivity contribution < 1.29 is 4.74 Å². The predicted molar refractivity (Wildman–Crippen MR) is 224 cm³/mol. The predicted octanol–water partition coefficient (Wildman–Crippen LogP) is 12.5. The summed E-state index contributed by atoms with van der Waals surface area (Å²) in [4.78, 5) is 15.3. The summed E-state index contributed by atoms with van der Waals surface area (Å²) in [7, 11) is 0. The molecule has 11 rings (SSSR count). The average Bonchev–Trinajstić information content (AvgIpc) is 3.57. The van der Waals surface area contributed by atoms with Gasteiger partial charge in [0.1, 0.15) is 11.5 Å². The monoisotopic (exact) mass is 717 g/mol. The number of rotatable bonds is 5. The quantitative estimate of drug-likeness (QED) is 0.178. The molecular formula is C52H35N3O. The zero-order valence-corrected chi connectivity index (χ0v) is 30.5. The number of hydrogen-bond donors (Lipinski definition) is 0. The van der Waals surface area contributed by atoms with Crippen LogP contribution in [0.5, 0.6) is 11.5 Å². The SMILES string of the molecule is C1=CCC(c2ccccc2-c2ccc3c(c2)C2(c4ccccc4O3)c3ccccc3-c3ccccc32)C(c2nc(-c3ccccc3)nc(-c3ccccc3)n2)=C1. The molecular weight excluding hydrogens is 683 g/mol. The molecule has 1 aliphatic heterocycles. The highest BCUT2D eigenvalue weighted by Gasteiger charge is 2.51. The van der Waals surface area contributed by atoms with E-state index in [0.29, 0.717) is 17.5 Å². The van der Waals surface area contributed by atoms with Gasteiger partial charge in [-0.05, 0) is 63.6 Å². The van der Waals surface area contributed by atoms with E-state index in [0.717, 1.165) is 51.3 Å². The van der Waals surface area contributed by atoms with Gasteiger partial charge < -0.3 is 4.74 Å². The highest BCUT2D eigenvalue weighted by Crippen LogP contribution is 2.62. The Bertz CT molecular complexity index is 2770. The normalized spacial score (nSPS) is 15.6. The van der Waals surface area contributed by atoms with Gasteiger partial charge in [-0.2, -0.15) is 0 Å². The molecule has 2 heterocycles. The van der Waals surface area contributed by atoms with E-state index in [1.807, 2.05) is 36.4 Å². The number of nitrogens with zero attached hydrogens (tertiary/aromatic N) is 3. The second-order valence-corrected chi connectivity index (χ2v) is 14.6. The van der Waals surface area contributed by atoms with E-state index in [9.17, 15) is 0 Å². The van der Waals surface area contributed by atoms with Crippen molar-refractivity contribution in [1.82, 2.24) is 15.0 Å². The largest absolute Gasteiger partial charge is 0.457 e. The second-order valence-electron chi connectivity index (χ2n) is 14.6. The lowest BCUT2D eigenvalue weighted by Gasteiger charge is -2.39. The van der Waals surface area contributed by atoms with E-state index >= 15 is 0 Å². The summed E-state index contributed by atoms with van der Waals surface area (Å²) in [5.41, 5.74) is 13.4. The molecule has 0 saturated carbocycles. The first-order valence-corrected chi connectivity index (χ1v) is 19.2. The number of allylic oxidation sites excluding steroid dienone is 4. The second kappa shape index (κ2) is 13.0. The van der Waals surface area contributed by atoms with Gasteiger partial charge in [0.2, 0.25) is 0 Å².